The summed E-state index contributed by atoms with van der Waals surface area (Å²) in [5.74, 6) is -0.789. The van der Waals surface area contributed by atoms with E-state index in [0.29, 0.717) is 0 Å². The average molecular weight is 458 g/mol. The second-order valence-corrected chi connectivity index (χ2v) is 8.33. The van der Waals surface area contributed by atoms with E-state index in [1.807, 2.05) is 41.2 Å². The molecule has 8 nitrogen and oxygen atoms in total. The number of halogens is 1. The normalized spacial score (nSPS) is 17.8. The number of aromatic nitrogens is 4. The molecule has 2 unspecified atom stereocenters. The lowest BCUT2D eigenvalue weighted by Crippen LogP contribution is -2.50. The molecule has 1 aliphatic heterocycles. The maximum Gasteiger partial charge on any atom is 0.253 e. The number of benzene rings is 1. The van der Waals surface area contributed by atoms with Gasteiger partial charge in [0.25, 0.3) is 5.91 Å². The van der Waals surface area contributed by atoms with E-state index in [4.69, 9.17) is 0 Å². The van der Waals surface area contributed by atoms with Crippen LogP contribution in [0, 0.1) is 0 Å². The summed E-state index contributed by atoms with van der Waals surface area (Å²) >= 11 is 0. The number of pyridine rings is 1. The van der Waals surface area contributed by atoms with Crippen molar-refractivity contribution in [1.82, 2.24) is 24.8 Å². The van der Waals surface area contributed by atoms with Crippen molar-refractivity contribution in [2.45, 2.75) is 32.1 Å². The monoisotopic (exact) mass is 458 g/mol. The molecular weight excluding hydrogens is 435 g/mol. The Hall–Kier alpha value is -4.14. The Morgan fingerprint density at radius 2 is 1.88 bits per heavy atom. The summed E-state index contributed by atoms with van der Waals surface area (Å²) in [6.07, 6.45) is 7.24. The van der Waals surface area contributed by atoms with Gasteiger partial charge in [0.2, 0.25) is 5.91 Å². The van der Waals surface area contributed by atoms with Crippen LogP contribution in [0.4, 0.5) is 4.39 Å². The molecule has 0 N–H and O–H groups in total. The molecule has 1 aromatic carbocycles. The molecule has 9 heteroatoms. The Morgan fingerprint density at radius 3 is 2.62 bits per heavy atom. The first-order valence-corrected chi connectivity index (χ1v) is 11.0. The van der Waals surface area contributed by atoms with Crippen LogP contribution in [0.15, 0.2) is 73.4 Å². The first-order valence-electron chi connectivity index (χ1n) is 11.0. The third-order valence-corrected chi connectivity index (χ3v) is 6.11. The van der Waals surface area contributed by atoms with Crippen LogP contribution in [0.2, 0.25) is 0 Å². The van der Waals surface area contributed by atoms with Crippen LogP contribution in [-0.4, -0.2) is 55.3 Å². The van der Waals surface area contributed by atoms with Crippen LogP contribution in [-0.2, 0) is 16.1 Å². The molecule has 4 heterocycles. The van der Waals surface area contributed by atoms with E-state index in [9.17, 15) is 14.0 Å². The van der Waals surface area contributed by atoms with Crippen LogP contribution >= 0.6 is 0 Å². The Morgan fingerprint density at radius 1 is 1.06 bits per heavy atom. The van der Waals surface area contributed by atoms with Crippen molar-refractivity contribution >= 4 is 22.7 Å². The number of imide groups is 1. The molecule has 172 valence electrons. The van der Waals surface area contributed by atoms with E-state index in [0.717, 1.165) is 27.6 Å². The molecule has 1 saturated heterocycles. The van der Waals surface area contributed by atoms with Gasteiger partial charge < -0.3 is 0 Å². The molecule has 2 atom stereocenters. The van der Waals surface area contributed by atoms with E-state index in [-0.39, 0.29) is 25.4 Å². The first-order chi connectivity index (χ1) is 16.5. The fraction of sp³-hybridized carbons (Fsp3) is 0.240. The molecule has 5 rings (SSSR count). The van der Waals surface area contributed by atoms with E-state index in [2.05, 4.69) is 15.2 Å². The van der Waals surface area contributed by atoms with Gasteiger partial charge in [0.05, 0.1) is 31.0 Å². The predicted molar refractivity (Wildman–Crippen MR) is 125 cm³/mol. The molecule has 0 aliphatic carbocycles. The summed E-state index contributed by atoms with van der Waals surface area (Å²) < 4.78 is 16.4. The number of rotatable bonds is 5. The maximum absolute atomic E-state index is 14.6. The maximum atomic E-state index is 14.6. The number of alkyl halides is 1. The van der Waals surface area contributed by atoms with Crippen molar-refractivity contribution < 1.29 is 14.0 Å². The van der Waals surface area contributed by atoms with Gasteiger partial charge in [0.1, 0.15) is 12.2 Å². The Labute approximate surface area is 195 Å². The fourth-order valence-corrected chi connectivity index (χ4v) is 4.42. The van der Waals surface area contributed by atoms with E-state index in [1.165, 1.54) is 11.8 Å². The third-order valence-electron chi connectivity index (χ3n) is 6.11. The molecule has 0 radical (unpaired) electrons. The minimum atomic E-state index is -1.18. The standard InChI is InChI=1S/C25H23FN6O2/c1-17(33)30(15-18-4-8-27-9-5-18)25(34)24-13-22(26)16-32(24)31-11-7-20-12-19(2-3-23(20)31)21-6-10-28-29-14-21/h2-12,14,22,24H,13,15-16H2,1H3. The quantitative estimate of drug-likeness (QED) is 0.457. The van der Waals surface area contributed by atoms with E-state index < -0.39 is 18.1 Å². The summed E-state index contributed by atoms with van der Waals surface area (Å²) in [5, 5.41) is 10.4. The fourth-order valence-electron chi connectivity index (χ4n) is 4.42. The zero-order valence-corrected chi connectivity index (χ0v) is 18.6. The molecule has 2 amide bonds. The minimum absolute atomic E-state index is 0.0272. The second-order valence-electron chi connectivity index (χ2n) is 8.33. The Balaban J connectivity index is 1.45. The van der Waals surface area contributed by atoms with E-state index in [1.54, 1.807) is 41.9 Å². The first kappa shape index (κ1) is 21.7. The van der Waals surface area contributed by atoms with Gasteiger partial charge in [0, 0.05) is 42.9 Å². The van der Waals surface area contributed by atoms with Gasteiger partial charge in [-0.15, -0.1) is 0 Å². The summed E-state index contributed by atoms with van der Waals surface area (Å²) in [4.78, 5) is 31.0. The van der Waals surface area contributed by atoms with Crippen molar-refractivity contribution in [2.75, 3.05) is 11.6 Å². The predicted octanol–water partition coefficient (Wildman–Crippen LogP) is 3.12. The lowest BCUT2D eigenvalue weighted by atomic mass is 10.1. The minimum Gasteiger partial charge on any atom is -0.297 e. The van der Waals surface area contributed by atoms with Gasteiger partial charge in [-0.25, -0.2) is 4.39 Å². The lowest BCUT2D eigenvalue weighted by molar-refractivity contribution is -0.145. The van der Waals surface area contributed by atoms with Gasteiger partial charge in [0.15, 0.2) is 0 Å². The highest BCUT2D eigenvalue weighted by molar-refractivity contribution is 5.98. The molecule has 1 aliphatic rings. The van der Waals surface area contributed by atoms with Crippen LogP contribution in [0.25, 0.3) is 22.0 Å². The van der Waals surface area contributed by atoms with Crippen LogP contribution in [0.1, 0.15) is 18.9 Å². The highest BCUT2D eigenvalue weighted by Gasteiger charge is 2.41. The van der Waals surface area contributed by atoms with Crippen molar-refractivity contribution in [1.29, 1.82) is 0 Å². The van der Waals surface area contributed by atoms with Crippen LogP contribution in [0.3, 0.4) is 0 Å². The molecular formula is C25H23FN6O2. The van der Waals surface area contributed by atoms with Crippen molar-refractivity contribution in [3.8, 4) is 11.1 Å². The Kier molecular flexibility index (Phi) is 5.75. The second kappa shape index (κ2) is 9.01. The highest BCUT2D eigenvalue weighted by Crippen LogP contribution is 2.28. The largest absolute Gasteiger partial charge is 0.297 e. The highest BCUT2D eigenvalue weighted by atomic mass is 19.1. The van der Waals surface area contributed by atoms with E-state index >= 15 is 0 Å². The molecule has 1 fully saturated rings. The smallest absolute Gasteiger partial charge is 0.253 e. The zero-order valence-electron chi connectivity index (χ0n) is 18.6. The average Bonchev–Trinajstić information content (AvgIpc) is 3.45. The molecule has 0 bridgehead atoms. The lowest BCUT2D eigenvalue weighted by Gasteiger charge is -2.31. The number of carbonyl (C=O) groups is 2. The number of nitrogens with zero attached hydrogens (tertiary/aromatic N) is 6. The third kappa shape index (κ3) is 4.12. The number of carbonyl (C=O) groups excluding carboxylic acids is 2. The van der Waals surface area contributed by atoms with Crippen molar-refractivity contribution in [3.63, 3.8) is 0 Å². The number of amides is 2. The van der Waals surface area contributed by atoms with Gasteiger partial charge in [-0.2, -0.15) is 10.2 Å². The SMILES string of the molecule is CC(=O)N(Cc1ccncc1)C(=O)C1CC(F)CN1n1ccc2cc(-c3ccnnc3)ccc21. The van der Waals surface area contributed by atoms with Crippen molar-refractivity contribution in [3.05, 3.63) is 79.0 Å². The van der Waals surface area contributed by atoms with Gasteiger partial charge in [-0.05, 0) is 47.5 Å². The number of hydrogen-bond acceptors (Lipinski definition) is 6. The summed E-state index contributed by atoms with van der Waals surface area (Å²) in [6.45, 7) is 1.54. The summed E-state index contributed by atoms with van der Waals surface area (Å²) in [6, 6.07) is 12.5. The zero-order chi connectivity index (χ0) is 23.7. The summed E-state index contributed by atoms with van der Waals surface area (Å²) in [7, 11) is 0. The topological polar surface area (TPSA) is 84.2 Å². The van der Waals surface area contributed by atoms with Gasteiger partial charge >= 0.3 is 0 Å². The van der Waals surface area contributed by atoms with Crippen molar-refractivity contribution in [2.24, 2.45) is 0 Å². The Bertz CT molecular complexity index is 1330. The van der Waals surface area contributed by atoms with Gasteiger partial charge in [-0.3, -0.25) is 29.2 Å². The molecule has 34 heavy (non-hydrogen) atoms. The number of fused-ring (bicyclic) bond motifs is 1. The van der Waals surface area contributed by atoms with Crippen LogP contribution < -0.4 is 5.01 Å². The molecule has 4 aromatic rings. The molecule has 0 spiro atoms. The van der Waals surface area contributed by atoms with Crippen LogP contribution in [0.5, 0.6) is 0 Å². The summed E-state index contributed by atoms with van der Waals surface area (Å²) in [5.41, 5.74) is 3.55. The number of hydrogen-bond donors (Lipinski definition) is 0. The van der Waals surface area contributed by atoms with Gasteiger partial charge in [-0.1, -0.05) is 6.07 Å². The molecule has 3 aromatic heterocycles. The molecule has 0 saturated carbocycles.